The summed E-state index contributed by atoms with van der Waals surface area (Å²) in [4.78, 5) is 0. The number of anilines is 1. The molecule has 0 amide bonds. The van der Waals surface area contributed by atoms with Crippen LogP contribution in [0.2, 0.25) is 5.02 Å². The van der Waals surface area contributed by atoms with E-state index in [1.165, 1.54) is 25.7 Å². The molecule has 3 N–H and O–H groups in total. The summed E-state index contributed by atoms with van der Waals surface area (Å²) < 4.78 is 0.926. The summed E-state index contributed by atoms with van der Waals surface area (Å²) in [6.45, 7) is 3.02. The van der Waals surface area contributed by atoms with Crippen LogP contribution in [0.15, 0.2) is 22.7 Å². The zero-order valence-corrected chi connectivity index (χ0v) is 13.7. The first-order valence-electron chi connectivity index (χ1n) is 7.01. The molecule has 0 aliphatic heterocycles. The normalized spacial score (nSPS) is 25.1. The highest BCUT2D eigenvalue weighted by molar-refractivity contribution is 9.10. The average Bonchev–Trinajstić information content (AvgIpc) is 2.41. The number of nitrogens with one attached hydrogen (secondary N) is 1. The van der Waals surface area contributed by atoms with Crippen LogP contribution in [0.4, 0.5) is 5.69 Å². The molecule has 1 aliphatic carbocycles. The van der Waals surface area contributed by atoms with Gasteiger partial charge in [-0.1, -0.05) is 31.4 Å². The minimum Gasteiger partial charge on any atom is -0.381 e. The fraction of sp³-hybridized carbons (Fsp3) is 0.600. The second-order valence-corrected chi connectivity index (χ2v) is 6.90. The lowest BCUT2D eigenvalue weighted by atomic mass is 9.79. The second-order valence-electron chi connectivity index (χ2n) is 5.64. The molecule has 1 fully saturated rings. The lowest BCUT2D eigenvalue weighted by Gasteiger charge is -2.33. The summed E-state index contributed by atoms with van der Waals surface area (Å²) in [7, 11) is 0. The maximum atomic E-state index is 6.13. The van der Waals surface area contributed by atoms with Gasteiger partial charge in [0.2, 0.25) is 0 Å². The van der Waals surface area contributed by atoms with Crippen molar-refractivity contribution in [3.05, 3.63) is 27.7 Å². The monoisotopic (exact) mass is 344 g/mol. The number of nitrogens with two attached hydrogens (primary N) is 1. The largest absolute Gasteiger partial charge is 0.381 e. The standard InChI is InChI=1S/C15H22BrClN2/c1-10-2-4-11(5-3-10)15(9-18)19-12-6-7-13(16)14(17)8-12/h6-8,10-11,15,19H,2-5,9,18H2,1H3. The number of benzene rings is 1. The van der Waals surface area contributed by atoms with Crippen molar-refractivity contribution in [3.63, 3.8) is 0 Å². The summed E-state index contributed by atoms with van der Waals surface area (Å²) in [6.07, 6.45) is 5.20. The van der Waals surface area contributed by atoms with Gasteiger partial charge in [-0.3, -0.25) is 0 Å². The van der Waals surface area contributed by atoms with Crippen molar-refractivity contribution in [1.82, 2.24) is 0 Å². The minimum absolute atomic E-state index is 0.352. The molecule has 4 heteroatoms. The summed E-state index contributed by atoms with van der Waals surface area (Å²) in [5.41, 5.74) is 7.01. The molecule has 0 bridgehead atoms. The van der Waals surface area contributed by atoms with Gasteiger partial charge in [-0.15, -0.1) is 0 Å². The van der Waals surface area contributed by atoms with E-state index in [-0.39, 0.29) is 0 Å². The fourth-order valence-electron chi connectivity index (χ4n) is 2.86. The van der Waals surface area contributed by atoms with E-state index in [0.29, 0.717) is 18.5 Å². The molecule has 0 radical (unpaired) electrons. The van der Waals surface area contributed by atoms with Crippen LogP contribution in [0.25, 0.3) is 0 Å². The van der Waals surface area contributed by atoms with Crippen molar-refractivity contribution in [2.45, 2.75) is 38.6 Å². The molecule has 1 atom stereocenters. The highest BCUT2D eigenvalue weighted by atomic mass is 79.9. The van der Waals surface area contributed by atoms with Gasteiger partial charge in [-0.05, 0) is 58.8 Å². The van der Waals surface area contributed by atoms with Gasteiger partial charge in [0, 0.05) is 22.7 Å². The average molecular weight is 346 g/mol. The van der Waals surface area contributed by atoms with Crippen LogP contribution in [-0.2, 0) is 0 Å². The zero-order valence-electron chi connectivity index (χ0n) is 11.3. The van der Waals surface area contributed by atoms with Gasteiger partial charge in [0.05, 0.1) is 5.02 Å². The molecule has 0 spiro atoms. The van der Waals surface area contributed by atoms with Crippen molar-refractivity contribution in [2.24, 2.45) is 17.6 Å². The second kappa shape index (κ2) is 6.96. The Morgan fingerprint density at radius 1 is 1.37 bits per heavy atom. The first-order chi connectivity index (χ1) is 9.10. The molecule has 0 aromatic heterocycles. The Morgan fingerprint density at radius 2 is 2.05 bits per heavy atom. The van der Waals surface area contributed by atoms with E-state index in [1.807, 2.05) is 18.2 Å². The Morgan fingerprint density at radius 3 is 2.63 bits per heavy atom. The number of hydrogen-bond donors (Lipinski definition) is 2. The van der Waals surface area contributed by atoms with E-state index in [1.54, 1.807) is 0 Å². The molecule has 2 rings (SSSR count). The Balaban J connectivity index is 2.00. The maximum Gasteiger partial charge on any atom is 0.0568 e. The molecule has 0 heterocycles. The molecular weight excluding hydrogens is 324 g/mol. The third-order valence-electron chi connectivity index (χ3n) is 4.16. The molecule has 2 nitrogen and oxygen atoms in total. The van der Waals surface area contributed by atoms with E-state index in [9.17, 15) is 0 Å². The molecule has 106 valence electrons. The Kier molecular flexibility index (Phi) is 5.55. The molecule has 19 heavy (non-hydrogen) atoms. The van der Waals surface area contributed by atoms with E-state index in [2.05, 4.69) is 28.2 Å². The van der Waals surface area contributed by atoms with Crippen LogP contribution < -0.4 is 11.1 Å². The zero-order chi connectivity index (χ0) is 13.8. The summed E-state index contributed by atoms with van der Waals surface area (Å²) in [5.74, 6) is 1.56. The van der Waals surface area contributed by atoms with E-state index in [0.717, 1.165) is 21.1 Å². The third kappa shape index (κ3) is 4.11. The Hall–Kier alpha value is -0.250. The summed E-state index contributed by atoms with van der Waals surface area (Å²) in [5, 5.41) is 4.29. The minimum atomic E-state index is 0.352. The first-order valence-corrected chi connectivity index (χ1v) is 8.19. The van der Waals surface area contributed by atoms with Crippen LogP contribution in [0.3, 0.4) is 0 Å². The van der Waals surface area contributed by atoms with Crippen molar-refractivity contribution < 1.29 is 0 Å². The number of rotatable bonds is 4. The third-order valence-corrected chi connectivity index (χ3v) is 5.39. The summed E-state index contributed by atoms with van der Waals surface area (Å²) in [6, 6.07) is 6.33. The maximum absolute atomic E-state index is 6.13. The molecule has 1 unspecified atom stereocenters. The number of hydrogen-bond acceptors (Lipinski definition) is 2. The first kappa shape index (κ1) is 15.1. The smallest absolute Gasteiger partial charge is 0.0568 e. The van der Waals surface area contributed by atoms with Crippen molar-refractivity contribution in [3.8, 4) is 0 Å². The number of halogens is 2. The van der Waals surface area contributed by atoms with Gasteiger partial charge >= 0.3 is 0 Å². The van der Waals surface area contributed by atoms with Crippen LogP contribution in [-0.4, -0.2) is 12.6 Å². The Labute approximate surface area is 129 Å². The van der Waals surface area contributed by atoms with Gasteiger partial charge in [-0.25, -0.2) is 0 Å². The molecule has 1 aromatic rings. The molecule has 1 aromatic carbocycles. The molecule has 1 aliphatic rings. The fourth-order valence-corrected chi connectivity index (χ4v) is 3.28. The topological polar surface area (TPSA) is 38.0 Å². The van der Waals surface area contributed by atoms with E-state index < -0.39 is 0 Å². The van der Waals surface area contributed by atoms with E-state index in [4.69, 9.17) is 17.3 Å². The SMILES string of the molecule is CC1CCC(C(CN)Nc2ccc(Br)c(Cl)c2)CC1. The highest BCUT2D eigenvalue weighted by Gasteiger charge is 2.25. The van der Waals surface area contributed by atoms with Gasteiger partial charge in [0.25, 0.3) is 0 Å². The van der Waals surface area contributed by atoms with Crippen LogP contribution in [0.1, 0.15) is 32.6 Å². The van der Waals surface area contributed by atoms with Crippen molar-refractivity contribution >= 4 is 33.2 Å². The van der Waals surface area contributed by atoms with Gasteiger partial charge in [0.1, 0.15) is 0 Å². The van der Waals surface area contributed by atoms with Gasteiger partial charge < -0.3 is 11.1 Å². The van der Waals surface area contributed by atoms with Gasteiger partial charge in [0.15, 0.2) is 0 Å². The molecule has 1 saturated carbocycles. The summed E-state index contributed by atoms with van der Waals surface area (Å²) >= 11 is 9.54. The van der Waals surface area contributed by atoms with Gasteiger partial charge in [-0.2, -0.15) is 0 Å². The lowest BCUT2D eigenvalue weighted by Crippen LogP contribution is -2.38. The Bertz CT molecular complexity index is 417. The van der Waals surface area contributed by atoms with Crippen LogP contribution >= 0.6 is 27.5 Å². The lowest BCUT2D eigenvalue weighted by molar-refractivity contribution is 0.265. The molecule has 0 saturated heterocycles. The van der Waals surface area contributed by atoms with Crippen LogP contribution in [0.5, 0.6) is 0 Å². The van der Waals surface area contributed by atoms with Crippen LogP contribution in [0, 0.1) is 11.8 Å². The quantitative estimate of drug-likeness (QED) is 0.832. The van der Waals surface area contributed by atoms with Crippen molar-refractivity contribution in [2.75, 3.05) is 11.9 Å². The molecular formula is C15H22BrClN2. The predicted molar refractivity (Wildman–Crippen MR) is 86.7 cm³/mol. The highest BCUT2D eigenvalue weighted by Crippen LogP contribution is 2.32. The predicted octanol–water partition coefficient (Wildman–Crippen LogP) is 4.67. The van der Waals surface area contributed by atoms with Crippen molar-refractivity contribution in [1.29, 1.82) is 0 Å². The van der Waals surface area contributed by atoms with E-state index >= 15 is 0 Å².